The van der Waals surface area contributed by atoms with Crippen molar-refractivity contribution in [3.63, 3.8) is 0 Å². The molecule has 3 aromatic rings. The van der Waals surface area contributed by atoms with Crippen molar-refractivity contribution >= 4 is 23.4 Å². The molecule has 0 saturated carbocycles. The van der Waals surface area contributed by atoms with E-state index in [0.29, 0.717) is 11.3 Å². The normalized spacial score (nSPS) is 11.0. The standard InChI is InChI=1S/C14H14N4S/c1-2-10-5-3-7-15-12(10)9-18-13-11(17-14(18)19)6-4-8-16-13/h3-8H,2,9H2,1H3,(H,17,19). The van der Waals surface area contributed by atoms with E-state index in [1.807, 2.05) is 29.0 Å². The highest BCUT2D eigenvalue weighted by Gasteiger charge is 2.08. The Kier molecular flexibility index (Phi) is 3.13. The van der Waals surface area contributed by atoms with Crippen molar-refractivity contribution in [2.45, 2.75) is 19.9 Å². The van der Waals surface area contributed by atoms with Gasteiger partial charge >= 0.3 is 0 Å². The van der Waals surface area contributed by atoms with Gasteiger partial charge < -0.3 is 4.98 Å². The maximum atomic E-state index is 5.37. The molecule has 0 unspecified atom stereocenters. The van der Waals surface area contributed by atoms with Crippen LogP contribution in [-0.4, -0.2) is 19.5 Å². The number of aromatic nitrogens is 4. The molecule has 1 N–H and O–H groups in total. The molecule has 0 radical (unpaired) electrons. The Morgan fingerprint density at radius 3 is 2.84 bits per heavy atom. The van der Waals surface area contributed by atoms with Crippen LogP contribution in [0.1, 0.15) is 18.2 Å². The van der Waals surface area contributed by atoms with Crippen LogP contribution < -0.4 is 0 Å². The van der Waals surface area contributed by atoms with Crippen molar-refractivity contribution in [3.05, 3.63) is 52.7 Å². The van der Waals surface area contributed by atoms with E-state index in [-0.39, 0.29) is 0 Å². The van der Waals surface area contributed by atoms with Crippen LogP contribution in [0.3, 0.4) is 0 Å². The summed E-state index contributed by atoms with van der Waals surface area (Å²) in [7, 11) is 0. The second-order valence-corrected chi connectivity index (χ2v) is 4.74. The van der Waals surface area contributed by atoms with Crippen molar-refractivity contribution in [1.29, 1.82) is 0 Å². The highest BCUT2D eigenvalue weighted by atomic mass is 32.1. The van der Waals surface area contributed by atoms with Crippen molar-refractivity contribution in [2.24, 2.45) is 0 Å². The summed E-state index contributed by atoms with van der Waals surface area (Å²) in [5.41, 5.74) is 4.13. The van der Waals surface area contributed by atoms with Crippen LogP contribution in [0, 0.1) is 4.77 Å². The van der Waals surface area contributed by atoms with Crippen LogP contribution in [0.5, 0.6) is 0 Å². The van der Waals surface area contributed by atoms with E-state index in [4.69, 9.17) is 12.2 Å². The number of pyridine rings is 2. The molecule has 0 aliphatic rings. The Bertz CT molecular complexity index is 772. The van der Waals surface area contributed by atoms with Gasteiger partial charge in [-0.15, -0.1) is 0 Å². The predicted octanol–water partition coefficient (Wildman–Crippen LogP) is 3.10. The maximum Gasteiger partial charge on any atom is 0.179 e. The molecule has 0 spiro atoms. The molecule has 0 bridgehead atoms. The highest BCUT2D eigenvalue weighted by Crippen LogP contribution is 2.14. The van der Waals surface area contributed by atoms with Crippen molar-refractivity contribution in [1.82, 2.24) is 19.5 Å². The molecule has 0 atom stereocenters. The fourth-order valence-electron chi connectivity index (χ4n) is 2.22. The highest BCUT2D eigenvalue weighted by molar-refractivity contribution is 7.71. The average Bonchev–Trinajstić information content (AvgIpc) is 2.76. The molecule has 0 aromatic carbocycles. The molecule has 0 aliphatic carbocycles. The van der Waals surface area contributed by atoms with Crippen molar-refractivity contribution in [3.8, 4) is 0 Å². The SMILES string of the molecule is CCc1cccnc1Cn1c(=S)[nH]c2cccnc21. The molecule has 0 saturated heterocycles. The third-order valence-corrected chi connectivity index (χ3v) is 3.52. The molecule has 3 aromatic heterocycles. The van der Waals surface area contributed by atoms with Gasteiger partial charge in [-0.2, -0.15) is 0 Å². The topological polar surface area (TPSA) is 46.5 Å². The van der Waals surface area contributed by atoms with Gasteiger partial charge in [0.05, 0.1) is 17.8 Å². The maximum absolute atomic E-state index is 5.37. The van der Waals surface area contributed by atoms with Crippen LogP contribution >= 0.6 is 12.2 Å². The molecular weight excluding hydrogens is 256 g/mol. The van der Waals surface area contributed by atoms with Crippen molar-refractivity contribution < 1.29 is 0 Å². The number of fused-ring (bicyclic) bond motifs is 1. The van der Waals surface area contributed by atoms with E-state index in [2.05, 4.69) is 27.9 Å². The Hall–Kier alpha value is -2.01. The second kappa shape index (κ2) is 4.93. The first-order valence-corrected chi connectivity index (χ1v) is 6.66. The first-order chi connectivity index (χ1) is 9.29. The number of rotatable bonds is 3. The van der Waals surface area contributed by atoms with Crippen molar-refractivity contribution in [2.75, 3.05) is 0 Å². The Balaban J connectivity index is 2.11. The van der Waals surface area contributed by atoms with Gasteiger partial charge in [-0.3, -0.25) is 9.55 Å². The van der Waals surface area contributed by atoms with Gasteiger partial charge in [0.25, 0.3) is 0 Å². The minimum Gasteiger partial charge on any atom is -0.329 e. The van der Waals surface area contributed by atoms with Crippen LogP contribution in [-0.2, 0) is 13.0 Å². The van der Waals surface area contributed by atoms with Gasteiger partial charge in [0.15, 0.2) is 10.4 Å². The summed E-state index contributed by atoms with van der Waals surface area (Å²) in [5.74, 6) is 0. The minimum absolute atomic E-state index is 0.653. The lowest BCUT2D eigenvalue weighted by molar-refractivity contribution is 0.764. The Morgan fingerprint density at radius 2 is 2.00 bits per heavy atom. The smallest absolute Gasteiger partial charge is 0.179 e. The fourth-order valence-corrected chi connectivity index (χ4v) is 2.48. The number of nitrogens with one attached hydrogen (secondary N) is 1. The molecule has 0 amide bonds. The number of nitrogens with zero attached hydrogens (tertiary/aromatic N) is 3. The third kappa shape index (κ3) is 2.17. The van der Waals surface area contributed by atoms with Gasteiger partial charge in [-0.25, -0.2) is 4.98 Å². The summed E-state index contributed by atoms with van der Waals surface area (Å²) in [4.78, 5) is 12.0. The van der Waals surface area contributed by atoms with Gasteiger partial charge in [0.1, 0.15) is 0 Å². The molecule has 96 valence electrons. The van der Waals surface area contributed by atoms with Crippen LogP contribution in [0.2, 0.25) is 0 Å². The molecule has 5 heteroatoms. The van der Waals surface area contributed by atoms with Gasteiger partial charge in [-0.1, -0.05) is 13.0 Å². The first-order valence-electron chi connectivity index (χ1n) is 6.26. The number of hydrogen-bond donors (Lipinski definition) is 1. The van der Waals surface area contributed by atoms with Gasteiger partial charge in [-0.05, 0) is 42.4 Å². The quantitative estimate of drug-likeness (QED) is 0.744. The van der Waals surface area contributed by atoms with E-state index in [1.54, 1.807) is 6.20 Å². The van der Waals surface area contributed by atoms with Crippen LogP contribution in [0.15, 0.2) is 36.7 Å². The lowest BCUT2D eigenvalue weighted by Crippen LogP contribution is -2.05. The molecule has 19 heavy (non-hydrogen) atoms. The number of hydrogen-bond acceptors (Lipinski definition) is 3. The van der Waals surface area contributed by atoms with Gasteiger partial charge in [0.2, 0.25) is 0 Å². The first kappa shape index (κ1) is 12.0. The zero-order valence-electron chi connectivity index (χ0n) is 10.6. The number of H-pyrrole nitrogens is 1. The van der Waals surface area contributed by atoms with Crippen LogP contribution in [0.4, 0.5) is 0 Å². The summed E-state index contributed by atoms with van der Waals surface area (Å²) in [5, 5.41) is 0. The molecule has 4 nitrogen and oxygen atoms in total. The van der Waals surface area contributed by atoms with E-state index in [1.165, 1.54) is 5.56 Å². The summed E-state index contributed by atoms with van der Waals surface area (Å²) in [6.07, 6.45) is 4.56. The summed E-state index contributed by atoms with van der Waals surface area (Å²) in [6.45, 7) is 2.78. The Labute approximate surface area is 116 Å². The molecule has 3 heterocycles. The summed E-state index contributed by atoms with van der Waals surface area (Å²) < 4.78 is 2.67. The molecule has 0 fully saturated rings. The zero-order chi connectivity index (χ0) is 13.2. The molecular formula is C14H14N4S. The average molecular weight is 270 g/mol. The summed E-state index contributed by atoms with van der Waals surface area (Å²) in [6, 6.07) is 7.95. The monoisotopic (exact) mass is 270 g/mol. The van der Waals surface area contributed by atoms with Gasteiger partial charge in [0, 0.05) is 12.4 Å². The summed E-state index contributed by atoms with van der Waals surface area (Å²) >= 11 is 5.37. The lowest BCUT2D eigenvalue weighted by atomic mass is 10.1. The number of aryl methyl sites for hydroxylation is 1. The number of aromatic amines is 1. The fraction of sp³-hybridized carbons (Fsp3) is 0.214. The van der Waals surface area contributed by atoms with E-state index in [0.717, 1.165) is 23.3 Å². The lowest BCUT2D eigenvalue weighted by Gasteiger charge is -2.07. The van der Waals surface area contributed by atoms with Crippen LogP contribution in [0.25, 0.3) is 11.2 Å². The predicted molar refractivity (Wildman–Crippen MR) is 77.6 cm³/mol. The molecule has 0 aliphatic heterocycles. The number of imidazole rings is 1. The minimum atomic E-state index is 0.653. The third-order valence-electron chi connectivity index (χ3n) is 3.20. The van der Waals surface area contributed by atoms with E-state index < -0.39 is 0 Å². The zero-order valence-corrected chi connectivity index (χ0v) is 11.4. The second-order valence-electron chi connectivity index (χ2n) is 4.35. The largest absolute Gasteiger partial charge is 0.329 e. The molecule has 3 rings (SSSR count). The van der Waals surface area contributed by atoms with E-state index >= 15 is 0 Å². The Morgan fingerprint density at radius 1 is 1.21 bits per heavy atom. The van der Waals surface area contributed by atoms with E-state index in [9.17, 15) is 0 Å².